The maximum Gasteiger partial charge on any atom is 0.326 e. The molecule has 0 fully saturated rings. The minimum atomic E-state index is -1.23. The summed E-state index contributed by atoms with van der Waals surface area (Å²) in [5.41, 5.74) is 0.0378. The smallest absolute Gasteiger partial charge is 0.326 e. The number of hydrogen-bond acceptors (Lipinski definition) is 3. The monoisotopic (exact) mass is 264 g/mol. The Morgan fingerprint density at radius 3 is 2.74 bits per heavy atom. The first-order valence-electron chi connectivity index (χ1n) is 5.63. The van der Waals surface area contributed by atoms with Crippen LogP contribution in [0.1, 0.15) is 23.7 Å². The van der Waals surface area contributed by atoms with Crippen LogP contribution >= 0.6 is 0 Å². The third kappa shape index (κ3) is 4.39. The van der Waals surface area contributed by atoms with Crippen LogP contribution in [0.5, 0.6) is 0 Å². The van der Waals surface area contributed by atoms with Crippen molar-refractivity contribution in [2.45, 2.75) is 19.4 Å². The van der Waals surface area contributed by atoms with Gasteiger partial charge in [-0.15, -0.1) is 0 Å². The predicted octanol–water partition coefficient (Wildman–Crippen LogP) is 1.56. The van der Waals surface area contributed by atoms with Gasteiger partial charge in [0.15, 0.2) is 0 Å². The molecule has 5 nitrogen and oxygen atoms in total. The van der Waals surface area contributed by atoms with Crippen molar-refractivity contribution < 1.29 is 19.1 Å². The molecular formula is C13H13FN2O3. The SMILES string of the molecule is C[C@@H](C#N)C[C@H](NC(=O)c1cccc(F)c1)C(=O)O. The molecule has 1 aromatic carbocycles. The summed E-state index contributed by atoms with van der Waals surface area (Å²) in [4.78, 5) is 22.7. The Hall–Kier alpha value is -2.42. The fourth-order valence-electron chi connectivity index (χ4n) is 1.50. The van der Waals surface area contributed by atoms with Gasteiger partial charge in [-0.25, -0.2) is 9.18 Å². The first-order chi connectivity index (χ1) is 8.93. The normalized spacial score (nSPS) is 13.1. The molecule has 1 amide bonds. The maximum atomic E-state index is 12.9. The van der Waals surface area contributed by atoms with Crippen molar-refractivity contribution >= 4 is 11.9 Å². The first-order valence-corrected chi connectivity index (χ1v) is 5.63. The van der Waals surface area contributed by atoms with E-state index in [1.54, 1.807) is 6.92 Å². The highest BCUT2D eigenvalue weighted by Crippen LogP contribution is 2.08. The number of nitrogens with zero attached hydrogens (tertiary/aromatic N) is 1. The summed E-state index contributed by atoms with van der Waals surface area (Å²) in [6.07, 6.45) is -0.00705. The number of carbonyl (C=O) groups is 2. The zero-order chi connectivity index (χ0) is 14.4. The lowest BCUT2D eigenvalue weighted by Crippen LogP contribution is -2.41. The summed E-state index contributed by atoms with van der Waals surface area (Å²) < 4.78 is 12.9. The molecular weight excluding hydrogens is 251 g/mol. The van der Waals surface area contributed by atoms with Crippen molar-refractivity contribution in [1.29, 1.82) is 5.26 Å². The van der Waals surface area contributed by atoms with Crippen LogP contribution in [0.3, 0.4) is 0 Å². The molecule has 2 atom stereocenters. The second kappa shape index (κ2) is 6.50. The molecule has 100 valence electrons. The number of benzene rings is 1. The molecule has 0 saturated carbocycles. The number of rotatable bonds is 5. The molecule has 0 aliphatic carbocycles. The molecule has 1 rings (SSSR count). The number of halogens is 1. The number of nitriles is 1. The lowest BCUT2D eigenvalue weighted by Gasteiger charge is -2.15. The van der Waals surface area contributed by atoms with Crippen molar-refractivity contribution in [2.75, 3.05) is 0 Å². The van der Waals surface area contributed by atoms with Gasteiger partial charge in [-0.05, 0) is 31.5 Å². The van der Waals surface area contributed by atoms with E-state index in [1.165, 1.54) is 18.2 Å². The summed E-state index contributed by atoms with van der Waals surface area (Å²) in [5, 5.41) is 19.9. The van der Waals surface area contributed by atoms with E-state index in [-0.39, 0.29) is 12.0 Å². The van der Waals surface area contributed by atoms with Gasteiger partial charge in [0.05, 0.1) is 6.07 Å². The van der Waals surface area contributed by atoms with Gasteiger partial charge in [-0.3, -0.25) is 4.79 Å². The standard InChI is InChI=1S/C13H13FN2O3/c1-8(7-15)5-11(13(18)19)16-12(17)9-3-2-4-10(14)6-9/h2-4,6,8,11H,5H2,1H3,(H,16,17)(H,18,19)/t8-,11+/m1/s1. The second-order valence-corrected chi connectivity index (χ2v) is 4.14. The highest BCUT2D eigenvalue weighted by molar-refractivity contribution is 5.96. The zero-order valence-electron chi connectivity index (χ0n) is 10.3. The predicted molar refractivity (Wildman–Crippen MR) is 64.7 cm³/mol. The molecule has 19 heavy (non-hydrogen) atoms. The van der Waals surface area contributed by atoms with Crippen LogP contribution in [0.25, 0.3) is 0 Å². The fourth-order valence-corrected chi connectivity index (χ4v) is 1.50. The fraction of sp³-hybridized carbons (Fsp3) is 0.308. The summed E-state index contributed by atoms with van der Waals surface area (Å²) in [6.45, 7) is 1.56. The number of aliphatic carboxylic acids is 1. The molecule has 0 aliphatic heterocycles. The minimum absolute atomic E-state index is 0.00705. The van der Waals surface area contributed by atoms with E-state index in [1.807, 2.05) is 6.07 Å². The second-order valence-electron chi connectivity index (χ2n) is 4.14. The maximum absolute atomic E-state index is 12.9. The molecule has 0 saturated heterocycles. The van der Waals surface area contributed by atoms with Gasteiger partial charge in [0.1, 0.15) is 11.9 Å². The van der Waals surface area contributed by atoms with Gasteiger partial charge in [0.2, 0.25) is 0 Å². The summed E-state index contributed by atoms with van der Waals surface area (Å²) >= 11 is 0. The number of carboxylic acids is 1. The third-order valence-electron chi connectivity index (χ3n) is 2.50. The van der Waals surface area contributed by atoms with Crippen molar-refractivity contribution in [1.82, 2.24) is 5.32 Å². The number of hydrogen-bond donors (Lipinski definition) is 2. The Bertz CT molecular complexity index is 525. The quantitative estimate of drug-likeness (QED) is 0.844. The number of nitrogens with one attached hydrogen (secondary N) is 1. The highest BCUT2D eigenvalue weighted by atomic mass is 19.1. The van der Waals surface area contributed by atoms with Crippen LogP contribution in [-0.4, -0.2) is 23.0 Å². The minimum Gasteiger partial charge on any atom is -0.480 e. The Morgan fingerprint density at radius 1 is 1.53 bits per heavy atom. The highest BCUT2D eigenvalue weighted by Gasteiger charge is 2.23. The van der Waals surface area contributed by atoms with Crippen molar-refractivity contribution in [3.05, 3.63) is 35.6 Å². The van der Waals surface area contributed by atoms with E-state index in [4.69, 9.17) is 10.4 Å². The van der Waals surface area contributed by atoms with Crippen LogP contribution in [0, 0.1) is 23.1 Å². The average molecular weight is 264 g/mol. The molecule has 2 N–H and O–H groups in total. The largest absolute Gasteiger partial charge is 0.480 e. The van der Waals surface area contributed by atoms with Crippen LogP contribution < -0.4 is 5.32 Å². The average Bonchev–Trinajstić information content (AvgIpc) is 2.37. The van der Waals surface area contributed by atoms with Crippen LogP contribution in [0.15, 0.2) is 24.3 Å². The van der Waals surface area contributed by atoms with Crippen LogP contribution in [0.4, 0.5) is 4.39 Å². The Balaban J connectivity index is 2.77. The van der Waals surface area contributed by atoms with E-state index in [0.717, 1.165) is 6.07 Å². The number of carboxylic acid groups (broad SMARTS) is 1. The molecule has 0 aromatic heterocycles. The van der Waals surface area contributed by atoms with Gasteiger partial charge < -0.3 is 10.4 Å². The number of amides is 1. The van der Waals surface area contributed by atoms with E-state index >= 15 is 0 Å². The molecule has 0 aliphatic rings. The van der Waals surface area contributed by atoms with Crippen molar-refractivity contribution in [3.63, 3.8) is 0 Å². The lowest BCUT2D eigenvalue weighted by atomic mass is 10.0. The Morgan fingerprint density at radius 2 is 2.21 bits per heavy atom. The van der Waals surface area contributed by atoms with E-state index in [2.05, 4.69) is 5.32 Å². The number of carbonyl (C=O) groups excluding carboxylic acids is 1. The molecule has 1 aromatic rings. The van der Waals surface area contributed by atoms with Crippen molar-refractivity contribution in [3.8, 4) is 6.07 Å². The third-order valence-corrected chi connectivity index (χ3v) is 2.50. The Labute approximate surface area is 109 Å². The molecule has 0 radical (unpaired) electrons. The van der Waals surface area contributed by atoms with Gasteiger partial charge in [0, 0.05) is 11.5 Å². The van der Waals surface area contributed by atoms with E-state index in [9.17, 15) is 14.0 Å². The van der Waals surface area contributed by atoms with Crippen LogP contribution in [0.2, 0.25) is 0 Å². The molecule has 0 spiro atoms. The summed E-state index contributed by atoms with van der Waals surface area (Å²) in [6, 6.07) is 5.66. The van der Waals surface area contributed by atoms with Gasteiger partial charge in [0.25, 0.3) is 5.91 Å². The van der Waals surface area contributed by atoms with Gasteiger partial charge in [-0.2, -0.15) is 5.26 Å². The molecule has 0 bridgehead atoms. The first kappa shape index (κ1) is 14.6. The lowest BCUT2D eigenvalue weighted by molar-refractivity contribution is -0.139. The van der Waals surface area contributed by atoms with Gasteiger partial charge in [-0.1, -0.05) is 6.07 Å². The topological polar surface area (TPSA) is 90.2 Å². The van der Waals surface area contributed by atoms with Crippen molar-refractivity contribution in [2.24, 2.45) is 5.92 Å². The van der Waals surface area contributed by atoms with E-state index < -0.39 is 29.7 Å². The van der Waals surface area contributed by atoms with Gasteiger partial charge >= 0.3 is 5.97 Å². The van der Waals surface area contributed by atoms with Crippen LogP contribution in [-0.2, 0) is 4.79 Å². The van der Waals surface area contributed by atoms with E-state index in [0.29, 0.717) is 0 Å². The Kier molecular flexibility index (Phi) is 5.01. The summed E-state index contributed by atoms with van der Waals surface area (Å²) in [7, 11) is 0. The summed E-state index contributed by atoms with van der Waals surface area (Å²) in [5.74, 6) is -3.00. The zero-order valence-corrected chi connectivity index (χ0v) is 10.3. The molecule has 6 heteroatoms. The molecule has 0 unspecified atom stereocenters. The molecule has 0 heterocycles.